The number of rotatable bonds is 16. The van der Waals surface area contributed by atoms with E-state index in [-0.39, 0.29) is 25.2 Å². The van der Waals surface area contributed by atoms with E-state index in [1.165, 1.54) is 18.7 Å². The Morgan fingerprint density at radius 2 is 1.52 bits per heavy atom. The zero-order valence-corrected chi connectivity index (χ0v) is 20.3. The Hall–Kier alpha value is -2.38. The van der Waals surface area contributed by atoms with Gasteiger partial charge in [-0.15, -0.1) is 0 Å². The number of carboxylic acids is 1. The van der Waals surface area contributed by atoms with E-state index in [4.69, 9.17) is 11.5 Å². The van der Waals surface area contributed by atoms with Gasteiger partial charge in [-0.2, -0.15) is 11.8 Å². The Morgan fingerprint density at radius 3 is 1.97 bits per heavy atom. The highest BCUT2D eigenvalue weighted by Gasteiger charge is 2.33. The number of hydrogen-bond acceptors (Lipinski definition) is 8. The Kier molecular flexibility index (Phi) is 14.3. The monoisotopic (exact) mass is 491 g/mol. The van der Waals surface area contributed by atoms with Crippen molar-refractivity contribution in [3.8, 4) is 0 Å². The number of primary amides is 1. The standard InChI is InChI=1S/C20H37N5O7S/c1-5-10(2)16(25-18(29)15(22)11(3)26)19(30)23-12(6-7-14(21)27)17(28)24-13(20(31)32)8-9-33-4/h10-13,15-16,26H,5-9,22H2,1-4H3,(H2,21,27)(H,23,30)(H,24,28)(H,25,29)(H,31,32). The smallest absolute Gasteiger partial charge is 0.326 e. The van der Waals surface area contributed by atoms with Gasteiger partial charge < -0.3 is 37.6 Å². The van der Waals surface area contributed by atoms with Crippen molar-refractivity contribution in [1.82, 2.24) is 16.0 Å². The predicted octanol–water partition coefficient (Wildman–Crippen LogP) is -1.70. The van der Waals surface area contributed by atoms with Crippen LogP contribution in [0.15, 0.2) is 0 Å². The van der Waals surface area contributed by atoms with E-state index in [1.54, 1.807) is 20.1 Å². The van der Waals surface area contributed by atoms with Crippen molar-refractivity contribution in [1.29, 1.82) is 0 Å². The largest absolute Gasteiger partial charge is 0.480 e. The van der Waals surface area contributed by atoms with E-state index in [1.807, 2.05) is 0 Å². The molecule has 0 aliphatic rings. The summed E-state index contributed by atoms with van der Waals surface area (Å²) in [6.07, 6.45) is 0.930. The van der Waals surface area contributed by atoms with E-state index >= 15 is 0 Å². The van der Waals surface area contributed by atoms with Gasteiger partial charge in [-0.1, -0.05) is 20.3 Å². The molecule has 0 rings (SSSR count). The number of aliphatic carboxylic acids is 1. The quantitative estimate of drug-likeness (QED) is 0.131. The maximum Gasteiger partial charge on any atom is 0.326 e. The van der Waals surface area contributed by atoms with Crippen molar-refractivity contribution in [2.45, 2.75) is 76.7 Å². The van der Waals surface area contributed by atoms with Crippen LogP contribution in [0.5, 0.6) is 0 Å². The zero-order chi connectivity index (χ0) is 25.7. The van der Waals surface area contributed by atoms with Crippen LogP contribution >= 0.6 is 11.8 Å². The average Bonchev–Trinajstić information content (AvgIpc) is 2.75. The van der Waals surface area contributed by atoms with E-state index in [2.05, 4.69) is 16.0 Å². The first-order chi connectivity index (χ1) is 15.3. The Morgan fingerprint density at radius 1 is 0.939 bits per heavy atom. The van der Waals surface area contributed by atoms with Crippen molar-refractivity contribution >= 4 is 41.4 Å². The first kappa shape index (κ1) is 30.6. The molecule has 0 heterocycles. The molecular formula is C20H37N5O7S. The molecule has 0 saturated heterocycles. The number of carbonyl (C=O) groups is 5. The number of thioether (sulfide) groups is 1. The Balaban J connectivity index is 5.59. The van der Waals surface area contributed by atoms with Gasteiger partial charge >= 0.3 is 5.97 Å². The molecule has 0 aromatic rings. The molecule has 0 aromatic carbocycles. The maximum atomic E-state index is 13.0. The lowest BCUT2D eigenvalue weighted by molar-refractivity contribution is -0.142. The lowest BCUT2D eigenvalue weighted by Gasteiger charge is -2.28. The molecular weight excluding hydrogens is 454 g/mol. The third-order valence-electron chi connectivity index (χ3n) is 5.15. The number of aliphatic hydroxyl groups is 1. The van der Waals surface area contributed by atoms with Crippen LogP contribution in [0.4, 0.5) is 0 Å². The van der Waals surface area contributed by atoms with Crippen LogP contribution in [0.1, 0.15) is 46.5 Å². The summed E-state index contributed by atoms with van der Waals surface area (Å²) >= 11 is 1.41. The van der Waals surface area contributed by atoms with Gasteiger partial charge in [-0.3, -0.25) is 19.2 Å². The molecule has 12 nitrogen and oxygen atoms in total. The van der Waals surface area contributed by atoms with Crippen LogP contribution in [0.3, 0.4) is 0 Å². The SMILES string of the molecule is CCC(C)C(NC(=O)C(N)C(C)O)C(=O)NC(CCC(N)=O)C(=O)NC(CCSC)C(=O)O. The third kappa shape index (κ3) is 11.3. The first-order valence-electron chi connectivity index (χ1n) is 10.7. The second-order valence-corrected chi connectivity index (χ2v) is 8.87. The molecule has 33 heavy (non-hydrogen) atoms. The molecule has 13 heteroatoms. The fraction of sp³-hybridized carbons (Fsp3) is 0.750. The van der Waals surface area contributed by atoms with E-state index < -0.39 is 59.9 Å². The number of hydrogen-bond donors (Lipinski definition) is 7. The van der Waals surface area contributed by atoms with E-state index in [0.717, 1.165) is 0 Å². The van der Waals surface area contributed by atoms with Crippen molar-refractivity contribution < 1.29 is 34.2 Å². The van der Waals surface area contributed by atoms with Crippen LogP contribution in [-0.4, -0.2) is 82.1 Å². The maximum absolute atomic E-state index is 13.0. The second kappa shape index (κ2) is 15.5. The summed E-state index contributed by atoms with van der Waals surface area (Å²) in [5, 5.41) is 26.2. The Labute approximate surface area is 198 Å². The molecule has 6 atom stereocenters. The fourth-order valence-corrected chi connectivity index (χ4v) is 3.22. The molecule has 9 N–H and O–H groups in total. The summed E-state index contributed by atoms with van der Waals surface area (Å²) < 4.78 is 0. The summed E-state index contributed by atoms with van der Waals surface area (Å²) in [7, 11) is 0. The number of amides is 4. The van der Waals surface area contributed by atoms with Crippen LogP contribution < -0.4 is 27.4 Å². The molecule has 0 aromatic heterocycles. The van der Waals surface area contributed by atoms with Gasteiger partial charge in [0.2, 0.25) is 23.6 Å². The molecule has 6 unspecified atom stereocenters. The van der Waals surface area contributed by atoms with Crippen molar-refractivity contribution in [3.05, 3.63) is 0 Å². The van der Waals surface area contributed by atoms with Crippen LogP contribution in [0.2, 0.25) is 0 Å². The van der Waals surface area contributed by atoms with Crippen LogP contribution in [-0.2, 0) is 24.0 Å². The predicted molar refractivity (Wildman–Crippen MR) is 124 cm³/mol. The van der Waals surface area contributed by atoms with Gasteiger partial charge in [0.05, 0.1) is 6.10 Å². The Bertz CT molecular complexity index is 692. The minimum absolute atomic E-state index is 0.157. The third-order valence-corrected chi connectivity index (χ3v) is 5.80. The van der Waals surface area contributed by atoms with Gasteiger partial charge in [-0.05, 0) is 37.7 Å². The summed E-state index contributed by atoms with van der Waals surface area (Å²) in [4.78, 5) is 60.7. The summed E-state index contributed by atoms with van der Waals surface area (Å²) in [5.41, 5.74) is 10.8. The molecule has 190 valence electrons. The molecule has 0 aliphatic heterocycles. The molecule has 0 bridgehead atoms. The van der Waals surface area contributed by atoms with Crippen molar-refractivity contribution in [2.75, 3.05) is 12.0 Å². The highest BCUT2D eigenvalue weighted by molar-refractivity contribution is 7.98. The van der Waals surface area contributed by atoms with Gasteiger partial charge in [0, 0.05) is 6.42 Å². The molecule has 0 radical (unpaired) electrons. The second-order valence-electron chi connectivity index (χ2n) is 7.89. The fourth-order valence-electron chi connectivity index (χ4n) is 2.75. The van der Waals surface area contributed by atoms with Crippen molar-refractivity contribution in [3.63, 3.8) is 0 Å². The normalized spacial score (nSPS) is 16.4. The van der Waals surface area contributed by atoms with Gasteiger partial charge in [0.1, 0.15) is 24.2 Å². The van der Waals surface area contributed by atoms with Crippen molar-refractivity contribution in [2.24, 2.45) is 17.4 Å². The summed E-state index contributed by atoms with van der Waals surface area (Å²) in [5.74, 6) is -4.04. The topological polar surface area (TPSA) is 214 Å². The highest BCUT2D eigenvalue weighted by atomic mass is 32.2. The minimum Gasteiger partial charge on any atom is -0.480 e. The summed E-state index contributed by atoms with van der Waals surface area (Å²) in [6, 6.07) is -4.77. The number of aliphatic hydroxyl groups excluding tert-OH is 1. The number of carboxylic acid groups (broad SMARTS) is 1. The summed E-state index contributed by atoms with van der Waals surface area (Å²) in [6.45, 7) is 4.84. The highest BCUT2D eigenvalue weighted by Crippen LogP contribution is 2.10. The zero-order valence-electron chi connectivity index (χ0n) is 19.5. The van der Waals surface area contributed by atoms with Crippen LogP contribution in [0, 0.1) is 5.92 Å². The first-order valence-corrected chi connectivity index (χ1v) is 12.1. The van der Waals surface area contributed by atoms with Gasteiger partial charge in [0.15, 0.2) is 0 Å². The van der Waals surface area contributed by atoms with Crippen LogP contribution in [0.25, 0.3) is 0 Å². The number of nitrogens with two attached hydrogens (primary N) is 2. The molecule has 0 aliphatic carbocycles. The lowest BCUT2D eigenvalue weighted by Crippen LogP contribution is -2.59. The molecule has 0 saturated carbocycles. The van der Waals surface area contributed by atoms with Gasteiger partial charge in [-0.25, -0.2) is 4.79 Å². The van der Waals surface area contributed by atoms with E-state index in [9.17, 15) is 34.2 Å². The molecule has 4 amide bonds. The lowest BCUT2D eigenvalue weighted by atomic mass is 9.96. The number of nitrogens with one attached hydrogen (secondary N) is 3. The van der Waals surface area contributed by atoms with E-state index in [0.29, 0.717) is 12.2 Å². The minimum atomic E-state index is -1.26. The number of carbonyl (C=O) groups excluding carboxylic acids is 4. The molecule has 0 spiro atoms. The van der Waals surface area contributed by atoms with Gasteiger partial charge in [0.25, 0.3) is 0 Å². The average molecular weight is 492 g/mol. The molecule has 0 fully saturated rings.